The molecular formula is C20H16N4O3S. The van der Waals surface area contributed by atoms with Gasteiger partial charge in [-0.25, -0.2) is 8.42 Å². The van der Waals surface area contributed by atoms with Crippen LogP contribution in [0.1, 0.15) is 10.4 Å². The molecule has 0 unspecified atom stereocenters. The fourth-order valence-corrected chi connectivity index (χ4v) is 4.06. The van der Waals surface area contributed by atoms with Crippen molar-refractivity contribution in [2.75, 3.05) is 4.72 Å². The Labute approximate surface area is 161 Å². The highest BCUT2D eigenvalue weighted by atomic mass is 32.2. The summed E-state index contributed by atoms with van der Waals surface area (Å²) in [6.45, 7) is 0. The summed E-state index contributed by atoms with van der Waals surface area (Å²) in [5, 5.41) is 7.88. The average Bonchev–Trinajstić information content (AvgIpc) is 3.12. The van der Waals surface area contributed by atoms with Gasteiger partial charge < -0.3 is 5.73 Å². The van der Waals surface area contributed by atoms with Gasteiger partial charge in [0.1, 0.15) is 5.69 Å². The van der Waals surface area contributed by atoms with Gasteiger partial charge in [-0.1, -0.05) is 36.4 Å². The van der Waals surface area contributed by atoms with Gasteiger partial charge in [-0.15, -0.1) is 0 Å². The highest BCUT2D eigenvalue weighted by molar-refractivity contribution is 7.92. The number of primary amides is 1. The summed E-state index contributed by atoms with van der Waals surface area (Å²) in [6, 6.07) is 20.0. The number of H-pyrrole nitrogens is 1. The highest BCUT2D eigenvalue weighted by Crippen LogP contribution is 2.33. The second-order valence-corrected chi connectivity index (χ2v) is 7.84. The second kappa shape index (κ2) is 6.82. The molecule has 28 heavy (non-hydrogen) atoms. The molecule has 0 aliphatic rings. The van der Waals surface area contributed by atoms with Crippen molar-refractivity contribution in [2.24, 2.45) is 5.73 Å². The van der Waals surface area contributed by atoms with E-state index in [2.05, 4.69) is 14.9 Å². The lowest BCUT2D eigenvalue weighted by Gasteiger charge is -2.12. The monoisotopic (exact) mass is 392 g/mol. The Hall–Kier alpha value is -3.65. The highest BCUT2D eigenvalue weighted by Gasteiger charge is 2.18. The van der Waals surface area contributed by atoms with Crippen LogP contribution in [0.5, 0.6) is 0 Å². The van der Waals surface area contributed by atoms with Crippen molar-refractivity contribution >= 4 is 32.5 Å². The number of nitrogens with one attached hydrogen (secondary N) is 2. The number of sulfonamides is 1. The van der Waals surface area contributed by atoms with Gasteiger partial charge in [0.25, 0.3) is 10.0 Å². The van der Waals surface area contributed by atoms with Crippen molar-refractivity contribution in [3.8, 4) is 11.3 Å². The number of benzene rings is 3. The molecule has 0 radical (unpaired) electrons. The first-order valence-electron chi connectivity index (χ1n) is 8.41. The molecule has 1 aromatic heterocycles. The van der Waals surface area contributed by atoms with Crippen LogP contribution in [0.4, 0.5) is 5.69 Å². The Morgan fingerprint density at radius 2 is 1.68 bits per heavy atom. The van der Waals surface area contributed by atoms with Crippen molar-refractivity contribution in [2.45, 2.75) is 4.90 Å². The van der Waals surface area contributed by atoms with Crippen LogP contribution in [0.2, 0.25) is 0 Å². The summed E-state index contributed by atoms with van der Waals surface area (Å²) in [5.41, 5.74) is 7.91. The number of rotatable bonds is 5. The standard InChI is InChI=1S/C20H16N4O3S/c21-20(25)13-10-11-17-16(12-13)19(23-22-17)15-8-4-5-9-18(15)24-28(26,27)14-6-2-1-3-7-14/h1-12,24H,(H2,21,25)(H,22,23). The number of hydrogen-bond donors (Lipinski definition) is 3. The topological polar surface area (TPSA) is 118 Å². The molecule has 0 spiro atoms. The smallest absolute Gasteiger partial charge is 0.261 e. The Morgan fingerprint density at radius 1 is 0.964 bits per heavy atom. The molecule has 4 rings (SSSR count). The zero-order chi connectivity index (χ0) is 19.7. The molecule has 7 nitrogen and oxygen atoms in total. The third kappa shape index (κ3) is 3.21. The maximum Gasteiger partial charge on any atom is 0.261 e. The Morgan fingerprint density at radius 3 is 2.43 bits per heavy atom. The van der Waals surface area contributed by atoms with Crippen molar-refractivity contribution in [1.82, 2.24) is 10.2 Å². The third-order valence-corrected chi connectivity index (χ3v) is 5.71. The van der Waals surface area contributed by atoms with Gasteiger partial charge in [0.05, 0.1) is 16.1 Å². The number of hydrogen-bond acceptors (Lipinski definition) is 4. The Kier molecular flexibility index (Phi) is 4.32. The van der Waals surface area contributed by atoms with E-state index in [1.807, 2.05) is 0 Å². The zero-order valence-electron chi connectivity index (χ0n) is 14.6. The second-order valence-electron chi connectivity index (χ2n) is 6.16. The van der Waals surface area contributed by atoms with Crippen LogP contribution >= 0.6 is 0 Å². The number of amides is 1. The Bertz CT molecular complexity index is 1280. The first-order valence-corrected chi connectivity index (χ1v) is 9.89. The summed E-state index contributed by atoms with van der Waals surface area (Å²) >= 11 is 0. The molecule has 140 valence electrons. The largest absolute Gasteiger partial charge is 0.366 e. The summed E-state index contributed by atoms with van der Waals surface area (Å²) in [7, 11) is -3.76. The molecule has 0 aliphatic heterocycles. The number of carbonyl (C=O) groups excluding carboxylic acids is 1. The van der Waals surface area contributed by atoms with E-state index in [1.54, 1.807) is 60.7 Å². The molecule has 0 saturated heterocycles. The average molecular weight is 392 g/mol. The van der Waals surface area contributed by atoms with Gasteiger partial charge in [-0.2, -0.15) is 5.10 Å². The van der Waals surface area contributed by atoms with Crippen molar-refractivity contribution < 1.29 is 13.2 Å². The molecule has 4 N–H and O–H groups in total. The van der Waals surface area contributed by atoms with Crippen LogP contribution in [-0.2, 0) is 10.0 Å². The van der Waals surface area contributed by atoms with Gasteiger partial charge in [0, 0.05) is 16.5 Å². The minimum Gasteiger partial charge on any atom is -0.366 e. The molecule has 8 heteroatoms. The number of anilines is 1. The fourth-order valence-electron chi connectivity index (χ4n) is 2.95. The number of aromatic nitrogens is 2. The molecule has 0 saturated carbocycles. The lowest BCUT2D eigenvalue weighted by atomic mass is 10.0. The van der Waals surface area contributed by atoms with Gasteiger partial charge in [0.15, 0.2) is 0 Å². The summed E-state index contributed by atoms with van der Waals surface area (Å²) in [4.78, 5) is 11.7. The lowest BCUT2D eigenvalue weighted by Crippen LogP contribution is -2.13. The Balaban J connectivity index is 1.82. The van der Waals surface area contributed by atoms with E-state index in [9.17, 15) is 13.2 Å². The first kappa shape index (κ1) is 17.7. The number of para-hydroxylation sites is 1. The van der Waals surface area contributed by atoms with E-state index in [0.29, 0.717) is 33.4 Å². The predicted octanol–water partition coefficient (Wildman–Crippen LogP) is 3.13. The van der Waals surface area contributed by atoms with Crippen LogP contribution in [-0.4, -0.2) is 24.5 Å². The molecular weight excluding hydrogens is 376 g/mol. The lowest BCUT2D eigenvalue weighted by molar-refractivity contribution is 0.100. The number of nitrogens with two attached hydrogens (primary N) is 1. The number of fused-ring (bicyclic) bond motifs is 1. The van der Waals surface area contributed by atoms with Crippen LogP contribution in [0.15, 0.2) is 77.7 Å². The normalized spacial score (nSPS) is 11.4. The SMILES string of the molecule is NC(=O)c1ccc2[nH]nc(-c3ccccc3NS(=O)(=O)c3ccccc3)c2c1. The third-order valence-electron chi connectivity index (χ3n) is 4.33. The predicted molar refractivity (Wildman–Crippen MR) is 107 cm³/mol. The zero-order valence-corrected chi connectivity index (χ0v) is 15.4. The van der Waals surface area contributed by atoms with Gasteiger partial charge in [-0.3, -0.25) is 14.6 Å². The van der Waals surface area contributed by atoms with E-state index in [1.165, 1.54) is 12.1 Å². The summed E-state index contributed by atoms with van der Waals surface area (Å²) in [5.74, 6) is -0.549. The fraction of sp³-hybridized carbons (Fsp3) is 0. The molecule has 0 atom stereocenters. The number of carbonyl (C=O) groups is 1. The van der Waals surface area contributed by atoms with E-state index in [-0.39, 0.29) is 4.90 Å². The van der Waals surface area contributed by atoms with Crippen LogP contribution in [0.3, 0.4) is 0 Å². The van der Waals surface area contributed by atoms with E-state index in [0.717, 1.165) is 0 Å². The van der Waals surface area contributed by atoms with E-state index in [4.69, 9.17) is 5.73 Å². The molecule has 0 bridgehead atoms. The number of aromatic amines is 1. The summed E-state index contributed by atoms with van der Waals surface area (Å²) < 4.78 is 28.1. The maximum atomic E-state index is 12.7. The van der Waals surface area contributed by atoms with Crippen molar-refractivity contribution in [3.05, 3.63) is 78.4 Å². The van der Waals surface area contributed by atoms with Crippen LogP contribution < -0.4 is 10.5 Å². The first-order chi connectivity index (χ1) is 13.5. The molecule has 1 heterocycles. The number of nitrogens with zero attached hydrogens (tertiary/aromatic N) is 1. The van der Waals surface area contributed by atoms with E-state index < -0.39 is 15.9 Å². The van der Waals surface area contributed by atoms with Gasteiger partial charge in [0.2, 0.25) is 5.91 Å². The van der Waals surface area contributed by atoms with Crippen molar-refractivity contribution in [1.29, 1.82) is 0 Å². The van der Waals surface area contributed by atoms with E-state index >= 15 is 0 Å². The van der Waals surface area contributed by atoms with Gasteiger partial charge in [-0.05, 0) is 36.4 Å². The molecule has 4 aromatic rings. The summed E-state index contributed by atoms with van der Waals surface area (Å²) in [6.07, 6.45) is 0. The molecule has 0 aliphatic carbocycles. The molecule has 1 amide bonds. The minimum absolute atomic E-state index is 0.160. The van der Waals surface area contributed by atoms with Crippen molar-refractivity contribution in [3.63, 3.8) is 0 Å². The van der Waals surface area contributed by atoms with Crippen LogP contribution in [0, 0.1) is 0 Å². The molecule has 3 aromatic carbocycles. The molecule has 0 fully saturated rings. The maximum absolute atomic E-state index is 12.7. The quantitative estimate of drug-likeness (QED) is 0.483. The van der Waals surface area contributed by atoms with Gasteiger partial charge >= 0.3 is 0 Å². The minimum atomic E-state index is -3.76. The van der Waals surface area contributed by atoms with Crippen LogP contribution in [0.25, 0.3) is 22.2 Å².